The number of esters is 1. The highest BCUT2D eigenvalue weighted by Crippen LogP contribution is 2.27. The largest absolute Gasteiger partial charge is 0.460 e. The number of nitrogens with one attached hydrogen (secondary N) is 1. The fourth-order valence-electron chi connectivity index (χ4n) is 2.89. The number of benzene rings is 1. The highest BCUT2D eigenvalue weighted by molar-refractivity contribution is 5.77. The van der Waals surface area contributed by atoms with Gasteiger partial charge in [-0.2, -0.15) is 0 Å². The number of hydrogen-bond acceptors (Lipinski definition) is 5. The molecule has 0 atom stereocenters. The van der Waals surface area contributed by atoms with Crippen LogP contribution in [-0.4, -0.2) is 29.6 Å². The number of carbonyl (C=O) groups is 1. The van der Waals surface area contributed by atoms with Gasteiger partial charge in [0, 0.05) is 24.8 Å². The highest BCUT2D eigenvalue weighted by atomic mass is 16.6. The summed E-state index contributed by atoms with van der Waals surface area (Å²) in [4.78, 5) is 28.2. The maximum Gasteiger partial charge on any atom is 0.417 e. The predicted octanol–water partition coefficient (Wildman–Crippen LogP) is 2.68. The summed E-state index contributed by atoms with van der Waals surface area (Å²) >= 11 is 0. The molecule has 3 rings (SSSR count). The normalized spacial score (nSPS) is 16.7. The molecule has 1 saturated heterocycles. The van der Waals surface area contributed by atoms with E-state index in [1.807, 2.05) is 39.0 Å². The maximum atomic E-state index is 12.1. The number of aromatic nitrogens is 1. The SMILES string of the molecule is CC(C)(C)OC(=O)C1CCN(c2ccc3[nH]c(=O)oc3c2)CC1. The third-order valence-electron chi connectivity index (χ3n) is 4.00. The molecule has 0 bridgehead atoms. The molecule has 0 spiro atoms. The molecule has 1 N–H and O–H groups in total. The number of piperidine rings is 1. The van der Waals surface area contributed by atoms with Crippen LogP contribution in [0.3, 0.4) is 0 Å². The molecule has 6 nitrogen and oxygen atoms in total. The van der Waals surface area contributed by atoms with Gasteiger partial charge in [0.15, 0.2) is 5.58 Å². The van der Waals surface area contributed by atoms with Crippen molar-refractivity contribution in [3.8, 4) is 0 Å². The molecule has 2 aromatic rings. The topological polar surface area (TPSA) is 75.5 Å². The lowest BCUT2D eigenvalue weighted by Crippen LogP contribution is -2.38. The van der Waals surface area contributed by atoms with Gasteiger partial charge in [0.05, 0.1) is 11.4 Å². The number of anilines is 1. The third-order valence-corrected chi connectivity index (χ3v) is 4.00. The van der Waals surface area contributed by atoms with Gasteiger partial charge in [-0.15, -0.1) is 0 Å². The third kappa shape index (κ3) is 3.57. The fraction of sp³-hybridized carbons (Fsp3) is 0.529. The van der Waals surface area contributed by atoms with E-state index in [0.29, 0.717) is 11.1 Å². The molecular formula is C17H22N2O4. The van der Waals surface area contributed by atoms with Crippen LogP contribution in [0.15, 0.2) is 27.4 Å². The summed E-state index contributed by atoms with van der Waals surface area (Å²) < 4.78 is 10.6. The molecule has 1 aromatic heterocycles. The number of fused-ring (bicyclic) bond motifs is 1. The molecule has 0 aliphatic carbocycles. The molecule has 1 aliphatic rings. The Hall–Kier alpha value is -2.24. The van der Waals surface area contributed by atoms with Crippen molar-refractivity contribution in [2.24, 2.45) is 5.92 Å². The molecule has 1 aromatic carbocycles. The lowest BCUT2D eigenvalue weighted by molar-refractivity contribution is -0.160. The zero-order chi connectivity index (χ0) is 16.6. The highest BCUT2D eigenvalue weighted by Gasteiger charge is 2.29. The van der Waals surface area contributed by atoms with Crippen molar-refractivity contribution in [2.75, 3.05) is 18.0 Å². The molecule has 1 fully saturated rings. The molecule has 0 saturated carbocycles. The van der Waals surface area contributed by atoms with E-state index in [4.69, 9.17) is 9.15 Å². The molecule has 0 unspecified atom stereocenters. The van der Waals surface area contributed by atoms with Crippen LogP contribution in [0.1, 0.15) is 33.6 Å². The molecule has 6 heteroatoms. The molecule has 23 heavy (non-hydrogen) atoms. The number of carbonyl (C=O) groups excluding carboxylic acids is 1. The van der Waals surface area contributed by atoms with Gasteiger partial charge in [-0.1, -0.05) is 0 Å². The monoisotopic (exact) mass is 318 g/mol. The van der Waals surface area contributed by atoms with Crippen LogP contribution in [0.5, 0.6) is 0 Å². The predicted molar refractivity (Wildman–Crippen MR) is 87.6 cm³/mol. The Labute approximate surface area is 134 Å². The Morgan fingerprint density at radius 2 is 2.00 bits per heavy atom. The molecule has 124 valence electrons. The van der Waals surface area contributed by atoms with Gasteiger partial charge >= 0.3 is 11.7 Å². The summed E-state index contributed by atoms with van der Waals surface area (Å²) in [7, 11) is 0. The van der Waals surface area contributed by atoms with Crippen molar-refractivity contribution in [3.05, 3.63) is 28.7 Å². The van der Waals surface area contributed by atoms with Crippen molar-refractivity contribution in [2.45, 2.75) is 39.2 Å². The minimum Gasteiger partial charge on any atom is -0.460 e. The first-order chi connectivity index (χ1) is 10.8. The summed E-state index contributed by atoms with van der Waals surface area (Å²) in [6.07, 6.45) is 1.54. The Kier molecular flexibility index (Phi) is 3.92. The van der Waals surface area contributed by atoms with Crippen LogP contribution >= 0.6 is 0 Å². The van der Waals surface area contributed by atoms with Crippen molar-refractivity contribution in [3.63, 3.8) is 0 Å². The van der Waals surface area contributed by atoms with Crippen LogP contribution in [0.2, 0.25) is 0 Å². The molecule has 0 amide bonds. The van der Waals surface area contributed by atoms with E-state index in [2.05, 4.69) is 9.88 Å². The van der Waals surface area contributed by atoms with E-state index < -0.39 is 11.4 Å². The molecular weight excluding hydrogens is 296 g/mol. The van der Waals surface area contributed by atoms with Crippen LogP contribution in [-0.2, 0) is 9.53 Å². The summed E-state index contributed by atoms with van der Waals surface area (Å²) in [6, 6.07) is 5.66. The number of H-pyrrole nitrogens is 1. The number of rotatable bonds is 2. The van der Waals surface area contributed by atoms with E-state index in [-0.39, 0.29) is 11.9 Å². The first kappa shape index (κ1) is 15.6. The number of hydrogen-bond donors (Lipinski definition) is 1. The van der Waals surface area contributed by atoms with E-state index in [9.17, 15) is 9.59 Å². The van der Waals surface area contributed by atoms with Gasteiger partial charge in [0.1, 0.15) is 5.60 Å². The standard InChI is InChI=1S/C17H22N2O4/c1-17(2,3)23-15(20)11-6-8-19(9-7-11)12-4-5-13-14(10-12)22-16(21)18-13/h4-5,10-11H,6-9H2,1-3H3,(H,18,21). The number of nitrogens with zero attached hydrogens (tertiary/aromatic N) is 1. The maximum absolute atomic E-state index is 12.1. The smallest absolute Gasteiger partial charge is 0.417 e. The second kappa shape index (κ2) is 5.76. The average Bonchev–Trinajstić information content (AvgIpc) is 2.84. The molecule has 1 aliphatic heterocycles. The Morgan fingerprint density at radius 3 is 2.65 bits per heavy atom. The quantitative estimate of drug-likeness (QED) is 0.862. The minimum atomic E-state index is -0.444. The van der Waals surface area contributed by atoms with Crippen LogP contribution in [0.4, 0.5) is 5.69 Å². The summed E-state index contributed by atoms with van der Waals surface area (Å²) in [5.74, 6) is -0.593. The van der Waals surface area contributed by atoms with Gasteiger partial charge < -0.3 is 14.1 Å². The van der Waals surface area contributed by atoms with Gasteiger partial charge in [0.25, 0.3) is 0 Å². The second-order valence-corrected chi connectivity index (χ2v) is 6.99. The van der Waals surface area contributed by atoms with Crippen molar-refractivity contribution < 1.29 is 13.9 Å². The van der Waals surface area contributed by atoms with Gasteiger partial charge in [-0.3, -0.25) is 9.78 Å². The van der Waals surface area contributed by atoms with Crippen LogP contribution in [0.25, 0.3) is 11.1 Å². The summed E-state index contributed by atoms with van der Waals surface area (Å²) in [5.41, 5.74) is 1.82. The summed E-state index contributed by atoms with van der Waals surface area (Å²) in [5, 5.41) is 0. The lowest BCUT2D eigenvalue weighted by Gasteiger charge is -2.33. The number of ether oxygens (including phenoxy) is 1. The lowest BCUT2D eigenvalue weighted by atomic mass is 9.96. The average molecular weight is 318 g/mol. The van der Waals surface area contributed by atoms with Crippen molar-refractivity contribution in [1.29, 1.82) is 0 Å². The Balaban J connectivity index is 1.65. The fourth-order valence-corrected chi connectivity index (χ4v) is 2.89. The van der Waals surface area contributed by atoms with Gasteiger partial charge in [-0.25, -0.2) is 4.79 Å². The van der Waals surface area contributed by atoms with E-state index in [0.717, 1.165) is 31.6 Å². The van der Waals surface area contributed by atoms with Crippen LogP contribution < -0.4 is 10.7 Å². The summed E-state index contributed by atoms with van der Waals surface area (Å²) in [6.45, 7) is 7.23. The van der Waals surface area contributed by atoms with Crippen molar-refractivity contribution >= 4 is 22.8 Å². The molecule has 0 radical (unpaired) electrons. The molecule has 2 heterocycles. The Bertz CT molecular complexity index is 761. The first-order valence-electron chi connectivity index (χ1n) is 7.92. The van der Waals surface area contributed by atoms with Crippen LogP contribution in [0, 0.1) is 5.92 Å². The Morgan fingerprint density at radius 1 is 1.30 bits per heavy atom. The zero-order valence-corrected chi connectivity index (χ0v) is 13.7. The zero-order valence-electron chi connectivity index (χ0n) is 13.7. The van der Waals surface area contributed by atoms with Crippen molar-refractivity contribution in [1.82, 2.24) is 4.98 Å². The van der Waals surface area contributed by atoms with Gasteiger partial charge in [0.2, 0.25) is 0 Å². The van der Waals surface area contributed by atoms with E-state index in [1.165, 1.54) is 0 Å². The first-order valence-corrected chi connectivity index (χ1v) is 7.92. The number of oxazole rings is 1. The van der Waals surface area contributed by atoms with E-state index >= 15 is 0 Å². The number of aromatic amines is 1. The van der Waals surface area contributed by atoms with E-state index in [1.54, 1.807) is 0 Å². The minimum absolute atomic E-state index is 0.0422. The second-order valence-electron chi connectivity index (χ2n) is 6.99. The van der Waals surface area contributed by atoms with Gasteiger partial charge in [-0.05, 0) is 45.7 Å².